The van der Waals surface area contributed by atoms with E-state index in [-0.39, 0.29) is 16.7 Å². The summed E-state index contributed by atoms with van der Waals surface area (Å²) in [5, 5.41) is 11.3. The van der Waals surface area contributed by atoms with Crippen molar-refractivity contribution < 1.29 is 4.92 Å². The zero-order valence-corrected chi connectivity index (χ0v) is 14.4. The van der Waals surface area contributed by atoms with Crippen LogP contribution in [0.5, 0.6) is 0 Å². The molecule has 0 spiro atoms. The standard InChI is InChI=1S/C20H20N4O2/c25-24(26)18-5-1-4-17(14-18)20-19-6-2-11-22(19)12-3-13-23(20)15-16-7-9-21-10-8-16/h1-2,4-11,14,20H,3,12-13,15H2. The van der Waals surface area contributed by atoms with Gasteiger partial charge in [-0.15, -0.1) is 0 Å². The van der Waals surface area contributed by atoms with Gasteiger partial charge in [-0.3, -0.25) is 20.0 Å². The number of benzene rings is 1. The van der Waals surface area contributed by atoms with E-state index in [1.165, 1.54) is 11.3 Å². The molecule has 6 nitrogen and oxygen atoms in total. The van der Waals surface area contributed by atoms with E-state index in [1.807, 2.05) is 18.2 Å². The van der Waals surface area contributed by atoms with Crippen LogP contribution in [0.4, 0.5) is 5.69 Å². The lowest BCUT2D eigenvalue weighted by atomic mass is 10.0. The van der Waals surface area contributed by atoms with Gasteiger partial charge in [0.15, 0.2) is 0 Å². The molecule has 1 aliphatic rings. The van der Waals surface area contributed by atoms with E-state index in [1.54, 1.807) is 30.6 Å². The lowest BCUT2D eigenvalue weighted by Gasteiger charge is -2.30. The monoisotopic (exact) mass is 348 g/mol. The Morgan fingerprint density at radius 3 is 2.77 bits per heavy atom. The highest BCUT2D eigenvalue weighted by atomic mass is 16.6. The van der Waals surface area contributed by atoms with E-state index in [0.29, 0.717) is 0 Å². The van der Waals surface area contributed by atoms with Gasteiger partial charge in [-0.1, -0.05) is 12.1 Å². The fourth-order valence-corrected chi connectivity index (χ4v) is 3.72. The molecule has 3 aromatic rings. The van der Waals surface area contributed by atoms with E-state index in [2.05, 4.69) is 32.8 Å². The highest BCUT2D eigenvalue weighted by molar-refractivity contribution is 5.39. The zero-order chi connectivity index (χ0) is 17.9. The SMILES string of the molecule is O=[N+]([O-])c1cccc(C2c3cccn3CCCN2Cc2ccncc2)c1. The van der Waals surface area contributed by atoms with Crippen molar-refractivity contribution in [3.8, 4) is 0 Å². The second-order valence-corrected chi connectivity index (χ2v) is 6.56. The molecule has 0 saturated heterocycles. The van der Waals surface area contributed by atoms with Crippen molar-refractivity contribution in [2.75, 3.05) is 6.54 Å². The van der Waals surface area contributed by atoms with Crippen molar-refractivity contribution in [2.45, 2.75) is 25.6 Å². The molecule has 0 N–H and O–H groups in total. The summed E-state index contributed by atoms with van der Waals surface area (Å²) in [6.07, 6.45) is 6.74. The number of fused-ring (bicyclic) bond motifs is 1. The number of nitro groups is 1. The summed E-state index contributed by atoms with van der Waals surface area (Å²) in [5.74, 6) is 0. The highest BCUT2D eigenvalue weighted by Gasteiger charge is 2.28. The Kier molecular flexibility index (Phi) is 4.50. The predicted molar refractivity (Wildman–Crippen MR) is 98.6 cm³/mol. The van der Waals surface area contributed by atoms with Crippen LogP contribution in [0.25, 0.3) is 0 Å². The molecule has 0 bridgehead atoms. The van der Waals surface area contributed by atoms with Gasteiger partial charge in [-0.2, -0.15) is 0 Å². The Morgan fingerprint density at radius 2 is 1.96 bits per heavy atom. The second-order valence-electron chi connectivity index (χ2n) is 6.56. The molecule has 0 fully saturated rings. The molecular weight excluding hydrogens is 328 g/mol. The molecule has 0 radical (unpaired) electrons. The van der Waals surface area contributed by atoms with E-state index in [9.17, 15) is 10.1 Å². The average molecular weight is 348 g/mol. The minimum Gasteiger partial charge on any atom is -0.350 e. The number of hydrogen-bond acceptors (Lipinski definition) is 4. The first-order valence-corrected chi connectivity index (χ1v) is 8.75. The molecule has 1 unspecified atom stereocenters. The first-order chi connectivity index (χ1) is 12.7. The van der Waals surface area contributed by atoms with Crippen LogP contribution in [0.2, 0.25) is 0 Å². The summed E-state index contributed by atoms with van der Waals surface area (Å²) < 4.78 is 2.26. The van der Waals surface area contributed by atoms with Crippen LogP contribution in [0.15, 0.2) is 67.1 Å². The van der Waals surface area contributed by atoms with Crippen molar-refractivity contribution in [2.24, 2.45) is 0 Å². The quantitative estimate of drug-likeness (QED) is 0.531. The first kappa shape index (κ1) is 16.5. The largest absolute Gasteiger partial charge is 0.350 e. The topological polar surface area (TPSA) is 64.2 Å². The summed E-state index contributed by atoms with van der Waals surface area (Å²) in [7, 11) is 0. The Hall–Kier alpha value is -2.99. The van der Waals surface area contributed by atoms with E-state index in [0.717, 1.165) is 31.6 Å². The van der Waals surface area contributed by atoms with Crippen molar-refractivity contribution in [1.82, 2.24) is 14.5 Å². The predicted octanol–water partition coefficient (Wildman–Crippen LogP) is 3.79. The smallest absolute Gasteiger partial charge is 0.269 e. The van der Waals surface area contributed by atoms with E-state index >= 15 is 0 Å². The lowest BCUT2D eigenvalue weighted by molar-refractivity contribution is -0.384. The van der Waals surface area contributed by atoms with Gasteiger partial charge in [0, 0.05) is 56.1 Å². The second kappa shape index (κ2) is 7.09. The van der Waals surface area contributed by atoms with Gasteiger partial charge in [-0.05, 0) is 41.8 Å². The van der Waals surface area contributed by atoms with Crippen LogP contribution in [0, 0.1) is 10.1 Å². The average Bonchev–Trinajstić information content (AvgIpc) is 3.04. The number of hydrogen-bond donors (Lipinski definition) is 0. The Labute approximate surface area is 151 Å². The van der Waals surface area contributed by atoms with E-state index in [4.69, 9.17) is 0 Å². The molecule has 6 heteroatoms. The van der Waals surface area contributed by atoms with Gasteiger partial charge in [0.2, 0.25) is 0 Å². The molecule has 132 valence electrons. The number of aryl methyl sites for hydroxylation is 1. The fraction of sp³-hybridized carbons (Fsp3) is 0.250. The van der Waals surface area contributed by atoms with Crippen molar-refractivity contribution >= 4 is 5.69 Å². The Morgan fingerprint density at radius 1 is 1.12 bits per heavy atom. The van der Waals surface area contributed by atoms with Gasteiger partial charge in [0.25, 0.3) is 5.69 Å². The Bertz CT molecular complexity index is 907. The number of non-ortho nitro benzene ring substituents is 1. The van der Waals surface area contributed by atoms with Gasteiger partial charge in [0.1, 0.15) is 0 Å². The van der Waals surface area contributed by atoms with Crippen LogP contribution in [-0.2, 0) is 13.1 Å². The minimum atomic E-state index is -0.327. The maximum absolute atomic E-state index is 11.3. The minimum absolute atomic E-state index is 0.0134. The maximum Gasteiger partial charge on any atom is 0.269 e. The molecule has 0 amide bonds. The maximum atomic E-state index is 11.3. The van der Waals surface area contributed by atoms with Crippen molar-refractivity contribution in [3.63, 3.8) is 0 Å². The molecule has 1 aromatic carbocycles. The molecule has 4 rings (SSSR count). The summed E-state index contributed by atoms with van der Waals surface area (Å²) in [6.45, 7) is 2.67. The number of pyridine rings is 1. The van der Waals surface area contributed by atoms with Crippen LogP contribution in [-0.4, -0.2) is 25.9 Å². The molecule has 3 heterocycles. The molecule has 26 heavy (non-hydrogen) atoms. The van der Waals surface area contributed by atoms with Crippen LogP contribution in [0.3, 0.4) is 0 Å². The van der Waals surface area contributed by atoms with E-state index < -0.39 is 0 Å². The molecule has 1 aliphatic heterocycles. The molecule has 2 aromatic heterocycles. The van der Waals surface area contributed by atoms with Crippen LogP contribution in [0.1, 0.15) is 29.3 Å². The third kappa shape index (κ3) is 3.23. The van der Waals surface area contributed by atoms with Crippen LogP contribution < -0.4 is 0 Å². The van der Waals surface area contributed by atoms with Gasteiger partial charge in [-0.25, -0.2) is 0 Å². The molecule has 1 atom stereocenters. The Balaban J connectivity index is 1.77. The van der Waals surface area contributed by atoms with Crippen molar-refractivity contribution in [1.29, 1.82) is 0 Å². The zero-order valence-electron chi connectivity index (χ0n) is 14.4. The summed E-state index contributed by atoms with van der Waals surface area (Å²) in [6, 6.07) is 15.2. The summed E-state index contributed by atoms with van der Waals surface area (Å²) in [4.78, 5) is 17.4. The van der Waals surface area contributed by atoms with Gasteiger partial charge < -0.3 is 4.57 Å². The van der Waals surface area contributed by atoms with Gasteiger partial charge >= 0.3 is 0 Å². The third-order valence-corrected chi connectivity index (χ3v) is 4.89. The molecular formula is C20H20N4O2. The lowest BCUT2D eigenvalue weighted by Crippen LogP contribution is -2.29. The number of nitro benzene ring substituents is 1. The molecule has 0 aliphatic carbocycles. The highest BCUT2D eigenvalue weighted by Crippen LogP contribution is 2.34. The summed E-state index contributed by atoms with van der Waals surface area (Å²) in [5.41, 5.74) is 3.45. The van der Waals surface area contributed by atoms with Crippen LogP contribution >= 0.6 is 0 Å². The first-order valence-electron chi connectivity index (χ1n) is 8.75. The number of nitrogens with zero attached hydrogens (tertiary/aromatic N) is 4. The number of aromatic nitrogens is 2. The van der Waals surface area contributed by atoms with Gasteiger partial charge in [0.05, 0.1) is 11.0 Å². The normalized spacial score (nSPS) is 17.5. The summed E-state index contributed by atoms with van der Waals surface area (Å²) >= 11 is 0. The van der Waals surface area contributed by atoms with Crippen molar-refractivity contribution in [3.05, 3.63) is 94.1 Å². The molecule has 0 saturated carbocycles. The third-order valence-electron chi connectivity index (χ3n) is 4.89. The fourth-order valence-electron chi connectivity index (χ4n) is 3.72. The number of rotatable bonds is 4.